The largest absolute Gasteiger partial charge is 0.401 e. The molecule has 0 aromatic heterocycles. The van der Waals surface area contributed by atoms with Crippen molar-refractivity contribution >= 4 is 5.91 Å². The van der Waals surface area contributed by atoms with Crippen LogP contribution in [0.1, 0.15) is 0 Å². The van der Waals surface area contributed by atoms with Crippen LogP contribution in [0.2, 0.25) is 0 Å². The van der Waals surface area contributed by atoms with Gasteiger partial charge in [-0.2, -0.15) is 13.2 Å². The molecule has 1 amide bonds. The second-order valence-corrected chi connectivity index (χ2v) is 3.21. The summed E-state index contributed by atoms with van der Waals surface area (Å²) in [5.41, 5.74) is 4.99. The molecule has 1 fully saturated rings. The van der Waals surface area contributed by atoms with E-state index in [2.05, 4.69) is 5.32 Å². The van der Waals surface area contributed by atoms with Crippen molar-refractivity contribution in [3.8, 4) is 0 Å². The monoisotopic (exact) mass is 211 g/mol. The van der Waals surface area contributed by atoms with E-state index < -0.39 is 24.7 Å². The molecule has 0 radical (unpaired) electrons. The number of rotatable bonds is 2. The van der Waals surface area contributed by atoms with Crippen molar-refractivity contribution in [1.82, 2.24) is 10.2 Å². The van der Waals surface area contributed by atoms with E-state index in [-0.39, 0.29) is 13.1 Å². The van der Waals surface area contributed by atoms with Crippen LogP contribution in [0.4, 0.5) is 13.2 Å². The van der Waals surface area contributed by atoms with Crippen molar-refractivity contribution in [2.24, 2.45) is 5.73 Å². The second-order valence-electron chi connectivity index (χ2n) is 3.21. The number of nitrogens with two attached hydrogens (primary N) is 1. The predicted octanol–water partition coefficient (Wildman–Crippen LogP) is -0.692. The van der Waals surface area contributed by atoms with Crippen LogP contribution in [-0.2, 0) is 4.79 Å². The Morgan fingerprint density at radius 1 is 1.57 bits per heavy atom. The van der Waals surface area contributed by atoms with Crippen LogP contribution >= 0.6 is 0 Å². The first-order valence-electron chi connectivity index (χ1n) is 4.21. The van der Waals surface area contributed by atoms with Gasteiger partial charge in [0, 0.05) is 19.6 Å². The van der Waals surface area contributed by atoms with Crippen LogP contribution in [0.5, 0.6) is 0 Å². The fourth-order valence-electron chi connectivity index (χ4n) is 1.45. The molecule has 0 spiro atoms. The van der Waals surface area contributed by atoms with Gasteiger partial charge in [0.2, 0.25) is 5.91 Å². The number of carbonyl (C=O) groups excluding carboxylic acids is 1. The van der Waals surface area contributed by atoms with Gasteiger partial charge < -0.3 is 11.1 Å². The minimum absolute atomic E-state index is 0.186. The molecule has 4 nitrogen and oxygen atoms in total. The van der Waals surface area contributed by atoms with Gasteiger partial charge in [0.05, 0.1) is 6.54 Å². The van der Waals surface area contributed by atoms with Crippen LogP contribution in [0.15, 0.2) is 0 Å². The second kappa shape index (κ2) is 4.14. The summed E-state index contributed by atoms with van der Waals surface area (Å²) >= 11 is 0. The summed E-state index contributed by atoms with van der Waals surface area (Å²) in [5, 5.41) is 2.82. The van der Waals surface area contributed by atoms with E-state index in [0.29, 0.717) is 6.54 Å². The summed E-state index contributed by atoms with van der Waals surface area (Å²) in [7, 11) is 0. The average Bonchev–Trinajstić information content (AvgIpc) is 2.01. The molecule has 14 heavy (non-hydrogen) atoms. The zero-order chi connectivity index (χ0) is 10.8. The third-order valence-electron chi connectivity index (χ3n) is 2.07. The van der Waals surface area contributed by atoms with E-state index in [9.17, 15) is 18.0 Å². The third-order valence-corrected chi connectivity index (χ3v) is 2.07. The highest BCUT2D eigenvalue weighted by Crippen LogP contribution is 2.18. The summed E-state index contributed by atoms with van der Waals surface area (Å²) in [4.78, 5) is 11.9. The van der Waals surface area contributed by atoms with E-state index >= 15 is 0 Å². The standard InChI is InChI=1S/C7H12F3N3O/c8-7(9,10)4-13-2-1-12-3-5(13)6(11)14/h5,12H,1-4H2,(H2,11,14)/t5-/m1/s1. The lowest BCUT2D eigenvalue weighted by atomic mass is 10.2. The van der Waals surface area contributed by atoms with Gasteiger partial charge in [0.25, 0.3) is 0 Å². The minimum Gasteiger partial charge on any atom is -0.368 e. The maximum Gasteiger partial charge on any atom is 0.401 e. The Morgan fingerprint density at radius 2 is 2.21 bits per heavy atom. The molecule has 0 bridgehead atoms. The van der Waals surface area contributed by atoms with Crippen LogP contribution in [-0.4, -0.2) is 49.2 Å². The van der Waals surface area contributed by atoms with Crippen LogP contribution in [0.3, 0.4) is 0 Å². The first-order valence-corrected chi connectivity index (χ1v) is 4.21. The fraction of sp³-hybridized carbons (Fsp3) is 0.857. The molecule has 1 rings (SSSR count). The van der Waals surface area contributed by atoms with Crippen LogP contribution in [0.25, 0.3) is 0 Å². The Labute approximate surface area is 79.2 Å². The van der Waals surface area contributed by atoms with E-state index in [1.165, 1.54) is 0 Å². The molecule has 7 heteroatoms. The number of nitrogens with one attached hydrogen (secondary N) is 1. The Hall–Kier alpha value is -0.820. The molecule has 3 N–H and O–H groups in total. The van der Waals surface area contributed by atoms with E-state index in [0.717, 1.165) is 4.90 Å². The molecule has 82 valence electrons. The zero-order valence-corrected chi connectivity index (χ0v) is 7.47. The topological polar surface area (TPSA) is 58.4 Å². The normalized spacial score (nSPS) is 24.9. The van der Waals surface area contributed by atoms with Gasteiger partial charge in [-0.05, 0) is 0 Å². The number of hydrogen-bond acceptors (Lipinski definition) is 3. The quantitative estimate of drug-likeness (QED) is 0.635. The van der Waals surface area contributed by atoms with Crippen molar-refractivity contribution < 1.29 is 18.0 Å². The van der Waals surface area contributed by atoms with Gasteiger partial charge in [0.1, 0.15) is 6.04 Å². The van der Waals surface area contributed by atoms with Crippen molar-refractivity contribution in [3.05, 3.63) is 0 Å². The highest BCUT2D eigenvalue weighted by atomic mass is 19.4. The predicted molar refractivity (Wildman–Crippen MR) is 43.5 cm³/mol. The smallest absolute Gasteiger partial charge is 0.368 e. The van der Waals surface area contributed by atoms with Gasteiger partial charge in [-0.3, -0.25) is 9.69 Å². The zero-order valence-electron chi connectivity index (χ0n) is 7.47. The van der Waals surface area contributed by atoms with Gasteiger partial charge in [-0.25, -0.2) is 0 Å². The molecular formula is C7H12F3N3O. The first-order chi connectivity index (χ1) is 6.40. The maximum absolute atomic E-state index is 12.1. The molecule has 1 saturated heterocycles. The van der Waals surface area contributed by atoms with Gasteiger partial charge in [-0.15, -0.1) is 0 Å². The molecule has 1 atom stereocenters. The summed E-state index contributed by atoms with van der Waals surface area (Å²) in [5.74, 6) is -0.721. The number of amides is 1. The Kier molecular flexibility index (Phi) is 3.33. The van der Waals surface area contributed by atoms with E-state index in [1.54, 1.807) is 0 Å². The SMILES string of the molecule is NC(=O)[C@H]1CNCCN1CC(F)(F)F. The number of piperazine rings is 1. The van der Waals surface area contributed by atoms with E-state index in [4.69, 9.17) is 5.73 Å². The van der Waals surface area contributed by atoms with Crippen molar-refractivity contribution in [2.75, 3.05) is 26.2 Å². The first kappa shape index (κ1) is 11.3. The molecule has 0 saturated carbocycles. The lowest BCUT2D eigenvalue weighted by Gasteiger charge is -2.34. The number of nitrogens with zero attached hydrogens (tertiary/aromatic N) is 1. The fourth-order valence-corrected chi connectivity index (χ4v) is 1.45. The number of primary amides is 1. The summed E-state index contributed by atoms with van der Waals surface area (Å²) in [6.07, 6.45) is -4.29. The molecular weight excluding hydrogens is 199 g/mol. The van der Waals surface area contributed by atoms with Crippen LogP contribution < -0.4 is 11.1 Å². The Balaban J connectivity index is 2.59. The van der Waals surface area contributed by atoms with Crippen molar-refractivity contribution in [1.29, 1.82) is 0 Å². The van der Waals surface area contributed by atoms with Crippen molar-refractivity contribution in [3.63, 3.8) is 0 Å². The molecule has 0 aliphatic carbocycles. The molecule has 1 aliphatic heterocycles. The van der Waals surface area contributed by atoms with E-state index in [1.807, 2.05) is 0 Å². The minimum atomic E-state index is -4.29. The molecule has 1 aliphatic rings. The van der Waals surface area contributed by atoms with Crippen molar-refractivity contribution in [2.45, 2.75) is 12.2 Å². The number of hydrogen-bond donors (Lipinski definition) is 2. The lowest BCUT2D eigenvalue weighted by molar-refractivity contribution is -0.155. The number of halogens is 3. The maximum atomic E-state index is 12.1. The molecule has 0 aromatic rings. The van der Waals surface area contributed by atoms with Gasteiger partial charge >= 0.3 is 6.18 Å². The molecule has 1 heterocycles. The lowest BCUT2D eigenvalue weighted by Crippen LogP contribution is -2.58. The highest BCUT2D eigenvalue weighted by molar-refractivity contribution is 5.80. The van der Waals surface area contributed by atoms with Crippen LogP contribution in [0, 0.1) is 0 Å². The van der Waals surface area contributed by atoms with Gasteiger partial charge in [-0.1, -0.05) is 0 Å². The average molecular weight is 211 g/mol. The number of alkyl halides is 3. The highest BCUT2D eigenvalue weighted by Gasteiger charge is 2.36. The molecule has 0 unspecified atom stereocenters. The summed E-state index contributed by atoms with van der Waals surface area (Å²) < 4.78 is 36.2. The number of carbonyl (C=O) groups is 1. The van der Waals surface area contributed by atoms with Gasteiger partial charge in [0.15, 0.2) is 0 Å². The third kappa shape index (κ3) is 3.15. The molecule has 0 aromatic carbocycles. The summed E-state index contributed by atoms with van der Waals surface area (Å²) in [6, 6.07) is -0.856. The Bertz CT molecular complexity index is 219. The summed E-state index contributed by atoms with van der Waals surface area (Å²) in [6.45, 7) is -0.263. The Morgan fingerprint density at radius 3 is 2.71 bits per heavy atom.